The smallest absolute Gasteiger partial charge is 0.391 e. The second-order valence-corrected chi connectivity index (χ2v) is 7.40. The minimum atomic E-state index is -2.50. The summed E-state index contributed by atoms with van der Waals surface area (Å²) in [5.74, 6) is 0.418. The Bertz CT molecular complexity index is 456. The van der Waals surface area contributed by atoms with Crippen molar-refractivity contribution in [2.45, 2.75) is 52.4 Å². The molecule has 0 spiro atoms. The Balaban J connectivity index is 3.46. The van der Waals surface area contributed by atoms with Crippen LogP contribution in [0.1, 0.15) is 52.7 Å². The van der Waals surface area contributed by atoms with E-state index < -0.39 is 8.60 Å². The van der Waals surface area contributed by atoms with Gasteiger partial charge in [0.1, 0.15) is 11.5 Å². The molecule has 19 heavy (non-hydrogen) atoms. The normalized spacial score (nSPS) is 12.9. The molecule has 1 aromatic carbocycles. The van der Waals surface area contributed by atoms with Gasteiger partial charge in [-0.05, 0) is 22.5 Å². The van der Waals surface area contributed by atoms with Gasteiger partial charge in [0.15, 0.2) is 0 Å². The molecular formula is C14H23O4P. The zero-order valence-electron chi connectivity index (χ0n) is 12.4. The zero-order valence-corrected chi connectivity index (χ0v) is 13.2. The van der Waals surface area contributed by atoms with Gasteiger partial charge < -0.3 is 19.4 Å². The zero-order chi connectivity index (χ0) is 15.0. The van der Waals surface area contributed by atoms with E-state index in [2.05, 4.69) is 0 Å². The van der Waals surface area contributed by atoms with E-state index >= 15 is 0 Å². The maximum absolute atomic E-state index is 10.1. The maximum atomic E-state index is 10.1. The van der Waals surface area contributed by atoms with Gasteiger partial charge >= 0.3 is 8.60 Å². The Morgan fingerprint density at radius 2 is 1.37 bits per heavy atom. The molecule has 0 radical (unpaired) electrons. The summed E-state index contributed by atoms with van der Waals surface area (Å²) in [6.07, 6.45) is 0. The van der Waals surface area contributed by atoms with Crippen molar-refractivity contribution in [3.05, 3.63) is 23.3 Å². The van der Waals surface area contributed by atoms with E-state index in [-0.39, 0.29) is 16.6 Å². The van der Waals surface area contributed by atoms with Gasteiger partial charge in [-0.15, -0.1) is 0 Å². The van der Waals surface area contributed by atoms with E-state index in [1.807, 2.05) is 47.6 Å². The van der Waals surface area contributed by atoms with Crippen LogP contribution in [0.3, 0.4) is 0 Å². The second-order valence-electron chi connectivity index (χ2n) is 6.71. The molecule has 0 saturated carbocycles. The Morgan fingerprint density at radius 1 is 0.895 bits per heavy atom. The third-order valence-electron chi connectivity index (χ3n) is 2.89. The second kappa shape index (κ2) is 5.28. The summed E-state index contributed by atoms with van der Waals surface area (Å²) < 4.78 is 5.04. The van der Waals surface area contributed by atoms with Gasteiger partial charge in [-0.25, -0.2) is 0 Å². The van der Waals surface area contributed by atoms with E-state index in [9.17, 15) is 5.11 Å². The molecule has 0 bridgehead atoms. The van der Waals surface area contributed by atoms with Crippen molar-refractivity contribution >= 4 is 8.60 Å². The Kier molecular flexibility index (Phi) is 4.51. The fraction of sp³-hybridized carbons (Fsp3) is 0.571. The van der Waals surface area contributed by atoms with Gasteiger partial charge in [0.05, 0.1) is 0 Å². The van der Waals surface area contributed by atoms with Crippen LogP contribution in [0.15, 0.2) is 12.1 Å². The summed E-state index contributed by atoms with van der Waals surface area (Å²) in [4.78, 5) is 18.1. The van der Waals surface area contributed by atoms with Crippen LogP contribution in [0.4, 0.5) is 0 Å². The summed E-state index contributed by atoms with van der Waals surface area (Å²) in [7, 11) is -2.50. The Labute approximate surface area is 116 Å². The van der Waals surface area contributed by atoms with E-state index in [0.29, 0.717) is 5.75 Å². The van der Waals surface area contributed by atoms with Gasteiger partial charge in [-0.3, -0.25) is 0 Å². The lowest BCUT2D eigenvalue weighted by Gasteiger charge is -2.28. The molecule has 0 aromatic heterocycles. The minimum Gasteiger partial charge on any atom is -0.508 e. The molecule has 0 saturated heterocycles. The molecule has 4 nitrogen and oxygen atoms in total. The lowest BCUT2D eigenvalue weighted by molar-refractivity contribution is 0.367. The number of benzene rings is 1. The van der Waals surface area contributed by atoms with Crippen LogP contribution in [0, 0.1) is 0 Å². The number of rotatable bonds is 2. The van der Waals surface area contributed by atoms with Crippen LogP contribution in [0.5, 0.6) is 11.5 Å². The molecular weight excluding hydrogens is 263 g/mol. The van der Waals surface area contributed by atoms with Crippen LogP contribution < -0.4 is 4.52 Å². The van der Waals surface area contributed by atoms with Crippen molar-refractivity contribution in [3.63, 3.8) is 0 Å². The summed E-state index contributed by atoms with van der Waals surface area (Å²) in [5.41, 5.74) is 1.22. The third-order valence-corrected chi connectivity index (χ3v) is 3.25. The predicted octanol–water partition coefficient (Wildman–Crippen LogP) is 3.58. The van der Waals surface area contributed by atoms with Crippen molar-refractivity contribution < 1.29 is 19.4 Å². The molecule has 0 amide bonds. The van der Waals surface area contributed by atoms with E-state index in [1.54, 1.807) is 0 Å². The third kappa shape index (κ3) is 4.07. The van der Waals surface area contributed by atoms with Gasteiger partial charge in [0.25, 0.3) is 0 Å². The lowest BCUT2D eigenvalue weighted by atomic mass is 9.80. The first kappa shape index (κ1) is 16.2. The fourth-order valence-electron chi connectivity index (χ4n) is 1.92. The van der Waals surface area contributed by atoms with Crippen molar-refractivity contribution in [3.8, 4) is 11.5 Å². The molecule has 3 N–H and O–H groups in total. The Hall–Kier alpha value is -0.830. The largest absolute Gasteiger partial charge is 0.508 e. The van der Waals surface area contributed by atoms with Crippen molar-refractivity contribution in [2.75, 3.05) is 0 Å². The van der Waals surface area contributed by atoms with Crippen molar-refractivity contribution in [1.29, 1.82) is 0 Å². The van der Waals surface area contributed by atoms with Crippen LogP contribution in [-0.2, 0) is 10.8 Å². The average molecular weight is 286 g/mol. The summed E-state index contributed by atoms with van der Waals surface area (Å²) in [5, 5.41) is 10.1. The number of phenols is 1. The van der Waals surface area contributed by atoms with E-state index in [0.717, 1.165) is 11.1 Å². The van der Waals surface area contributed by atoms with Gasteiger partial charge in [-0.2, -0.15) is 0 Å². The summed E-state index contributed by atoms with van der Waals surface area (Å²) >= 11 is 0. The van der Waals surface area contributed by atoms with Crippen LogP contribution >= 0.6 is 8.60 Å². The van der Waals surface area contributed by atoms with E-state index in [1.165, 1.54) is 6.07 Å². The highest BCUT2D eigenvalue weighted by atomic mass is 31.2. The molecule has 0 heterocycles. The van der Waals surface area contributed by atoms with Crippen molar-refractivity contribution in [2.24, 2.45) is 0 Å². The molecule has 0 fully saturated rings. The molecule has 0 aliphatic carbocycles. The first-order valence-electron chi connectivity index (χ1n) is 6.17. The monoisotopic (exact) mass is 286 g/mol. The molecule has 1 aromatic rings. The Morgan fingerprint density at radius 3 is 1.74 bits per heavy atom. The minimum absolute atomic E-state index is 0.104. The number of hydrogen-bond donors (Lipinski definition) is 3. The first-order valence-corrected chi connectivity index (χ1v) is 7.33. The highest BCUT2D eigenvalue weighted by Crippen LogP contribution is 2.43. The molecule has 108 valence electrons. The summed E-state index contributed by atoms with van der Waals surface area (Å²) in [6.45, 7) is 12.1. The predicted molar refractivity (Wildman–Crippen MR) is 77.5 cm³/mol. The van der Waals surface area contributed by atoms with Gasteiger partial charge in [-0.1, -0.05) is 41.5 Å². The van der Waals surface area contributed by atoms with Crippen molar-refractivity contribution in [1.82, 2.24) is 0 Å². The van der Waals surface area contributed by atoms with Crippen LogP contribution in [0.25, 0.3) is 0 Å². The highest BCUT2D eigenvalue weighted by molar-refractivity contribution is 7.39. The molecule has 0 aliphatic rings. The quantitative estimate of drug-likeness (QED) is 0.727. The number of aromatic hydroxyl groups is 1. The standard InChI is InChI=1S/C14H23O4P/c1-13(2,3)9-7-10(14(4,5)6)12(8-11(9)15)18-19(16)17/h7-8,15-17H,1-6H3. The lowest BCUT2D eigenvalue weighted by Crippen LogP contribution is -2.17. The van der Waals surface area contributed by atoms with Gasteiger partial charge in [0, 0.05) is 11.6 Å². The fourth-order valence-corrected chi connectivity index (χ4v) is 2.25. The number of phenolic OH excluding ortho intramolecular Hbond substituents is 1. The molecule has 1 rings (SSSR count). The average Bonchev–Trinajstić information content (AvgIpc) is 2.11. The van der Waals surface area contributed by atoms with Crippen LogP contribution in [0.2, 0.25) is 0 Å². The molecule has 0 unspecified atom stereocenters. The molecule has 0 aliphatic heterocycles. The SMILES string of the molecule is CC(C)(C)c1cc(C(C)(C)C)c(OP(O)O)cc1O. The van der Waals surface area contributed by atoms with Gasteiger partial charge in [0.2, 0.25) is 0 Å². The maximum Gasteiger partial charge on any atom is 0.391 e. The molecule has 0 atom stereocenters. The number of hydrogen-bond acceptors (Lipinski definition) is 4. The van der Waals surface area contributed by atoms with Crippen LogP contribution in [-0.4, -0.2) is 14.9 Å². The topological polar surface area (TPSA) is 69.9 Å². The molecule has 5 heteroatoms. The summed E-state index contributed by atoms with van der Waals surface area (Å²) in [6, 6.07) is 3.34. The van der Waals surface area contributed by atoms with E-state index in [4.69, 9.17) is 14.3 Å². The highest BCUT2D eigenvalue weighted by Gasteiger charge is 2.27. The first-order chi connectivity index (χ1) is 8.43.